The number of hydrogen-bond donors (Lipinski definition) is 2. The van der Waals surface area contributed by atoms with Gasteiger partial charge in [0.15, 0.2) is 0 Å². The van der Waals surface area contributed by atoms with Gasteiger partial charge in [0.1, 0.15) is 11.5 Å². The number of nitrogens with zero attached hydrogens (tertiary/aromatic N) is 1. The van der Waals surface area contributed by atoms with Gasteiger partial charge in [0.05, 0.1) is 22.2 Å². The van der Waals surface area contributed by atoms with Crippen LogP contribution in [0.15, 0.2) is 56.9 Å². The summed E-state index contributed by atoms with van der Waals surface area (Å²) in [4.78, 5) is 2.22. The molecular weight excluding hydrogens is 384 g/mol. The van der Waals surface area contributed by atoms with Gasteiger partial charge in [-0.1, -0.05) is 0 Å². The summed E-state index contributed by atoms with van der Waals surface area (Å²) in [6.07, 6.45) is 1.34. The molecule has 23 heavy (non-hydrogen) atoms. The fourth-order valence-corrected chi connectivity index (χ4v) is 2.90. The van der Waals surface area contributed by atoms with Crippen molar-refractivity contribution in [1.82, 2.24) is 4.83 Å². The largest absolute Gasteiger partial charge is 0.507 e. The number of halogens is 1. The van der Waals surface area contributed by atoms with Gasteiger partial charge in [0, 0.05) is 0 Å². The molecule has 0 radical (unpaired) electrons. The van der Waals surface area contributed by atoms with Crippen LogP contribution in [-0.2, 0) is 10.0 Å². The first kappa shape index (κ1) is 17.3. The van der Waals surface area contributed by atoms with Crippen LogP contribution in [0.2, 0.25) is 0 Å². The second-order valence-electron chi connectivity index (χ2n) is 4.47. The Hall–Kier alpha value is -2.06. The lowest BCUT2D eigenvalue weighted by Gasteiger charge is -2.05. The van der Waals surface area contributed by atoms with Gasteiger partial charge < -0.3 is 9.84 Å². The highest BCUT2D eigenvalue weighted by Gasteiger charge is 2.12. The smallest absolute Gasteiger partial charge is 0.276 e. The number of hydrogen-bond acceptors (Lipinski definition) is 5. The average Bonchev–Trinajstić information content (AvgIpc) is 2.51. The number of hydrazone groups is 1. The molecule has 0 aliphatic heterocycles. The van der Waals surface area contributed by atoms with E-state index in [1.807, 2.05) is 6.92 Å². The maximum Gasteiger partial charge on any atom is 0.276 e. The van der Waals surface area contributed by atoms with Crippen LogP contribution in [-0.4, -0.2) is 26.3 Å². The molecular formula is C15H15BrN2O4S. The van der Waals surface area contributed by atoms with Crippen LogP contribution in [0.25, 0.3) is 0 Å². The Kier molecular flexibility index (Phi) is 5.62. The summed E-state index contributed by atoms with van der Waals surface area (Å²) in [5.74, 6) is 0.695. The molecule has 0 saturated carbocycles. The summed E-state index contributed by atoms with van der Waals surface area (Å²) in [6.45, 7) is 2.36. The van der Waals surface area contributed by atoms with Crippen molar-refractivity contribution in [3.8, 4) is 11.5 Å². The lowest BCUT2D eigenvalue weighted by molar-refractivity contribution is 0.340. The van der Waals surface area contributed by atoms with Crippen molar-refractivity contribution in [1.29, 1.82) is 0 Å². The molecule has 2 aromatic rings. The normalized spacial score (nSPS) is 11.6. The molecule has 0 atom stereocenters. The third-order valence-electron chi connectivity index (χ3n) is 2.80. The average molecular weight is 399 g/mol. The summed E-state index contributed by atoms with van der Waals surface area (Å²) in [5, 5.41) is 13.1. The Morgan fingerprint density at radius 3 is 2.57 bits per heavy atom. The Balaban J connectivity index is 2.08. The zero-order valence-electron chi connectivity index (χ0n) is 12.2. The van der Waals surface area contributed by atoms with Gasteiger partial charge >= 0.3 is 0 Å². The van der Waals surface area contributed by atoms with Gasteiger partial charge in [0.25, 0.3) is 10.0 Å². The number of benzene rings is 2. The number of phenols is 1. The van der Waals surface area contributed by atoms with Crippen LogP contribution < -0.4 is 9.57 Å². The maximum atomic E-state index is 12.1. The number of phenolic OH excluding ortho intramolecular Hbond substituents is 1. The van der Waals surface area contributed by atoms with E-state index in [1.165, 1.54) is 24.4 Å². The number of rotatable bonds is 6. The van der Waals surface area contributed by atoms with Crippen molar-refractivity contribution < 1.29 is 18.3 Å². The van der Waals surface area contributed by atoms with E-state index in [-0.39, 0.29) is 10.6 Å². The van der Waals surface area contributed by atoms with Crippen LogP contribution in [0.3, 0.4) is 0 Å². The van der Waals surface area contributed by atoms with Crippen molar-refractivity contribution in [2.45, 2.75) is 11.8 Å². The topological polar surface area (TPSA) is 88.0 Å². The van der Waals surface area contributed by atoms with Crippen molar-refractivity contribution in [2.75, 3.05) is 6.61 Å². The Bertz CT molecular complexity index is 805. The van der Waals surface area contributed by atoms with E-state index in [4.69, 9.17) is 4.74 Å². The Labute approximate surface area is 143 Å². The molecule has 0 bridgehead atoms. The van der Waals surface area contributed by atoms with E-state index in [1.54, 1.807) is 24.3 Å². The highest BCUT2D eigenvalue weighted by Crippen LogP contribution is 2.23. The molecule has 0 spiro atoms. The first-order chi connectivity index (χ1) is 10.9. The first-order valence-electron chi connectivity index (χ1n) is 6.68. The Morgan fingerprint density at radius 2 is 1.96 bits per heavy atom. The van der Waals surface area contributed by atoms with Gasteiger partial charge in [-0.15, -0.1) is 0 Å². The number of aromatic hydroxyl groups is 1. The highest BCUT2D eigenvalue weighted by atomic mass is 79.9. The monoisotopic (exact) mass is 398 g/mol. The molecule has 2 N–H and O–H groups in total. The molecule has 0 aromatic heterocycles. The van der Waals surface area contributed by atoms with Crippen LogP contribution in [0, 0.1) is 0 Å². The lowest BCUT2D eigenvalue weighted by Crippen LogP contribution is -2.18. The number of ether oxygens (including phenoxy) is 1. The Morgan fingerprint density at radius 1 is 1.26 bits per heavy atom. The second-order valence-corrected chi connectivity index (χ2v) is 6.98. The molecule has 122 valence electrons. The lowest BCUT2D eigenvalue weighted by atomic mass is 10.2. The summed E-state index contributed by atoms with van der Waals surface area (Å²) in [7, 11) is -3.74. The van der Waals surface area contributed by atoms with E-state index in [9.17, 15) is 13.5 Å². The fraction of sp³-hybridized carbons (Fsp3) is 0.133. The fourth-order valence-electron chi connectivity index (χ4n) is 1.71. The van der Waals surface area contributed by atoms with Crippen molar-refractivity contribution in [3.05, 3.63) is 52.5 Å². The molecule has 0 saturated heterocycles. The van der Waals surface area contributed by atoms with E-state index in [0.717, 1.165) is 0 Å². The van der Waals surface area contributed by atoms with Gasteiger partial charge in [-0.3, -0.25) is 0 Å². The minimum absolute atomic E-state index is 0.0880. The predicted molar refractivity (Wildman–Crippen MR) is 91.3 cm³/mol. The molecule has 2 aromatic carbocycles. The van der Waals surface area contributed by atoms with Crippen molar-refractivity contribution in [2.24, 2.45) is 5.10 Å². The van der Waals surface area contributed by atoms with Gasteiger partial charge in [-0.2, -0.15) is 13.5 Å². The molecule has 0 fully saturated rings. The highest BCUT2D eigenvalue weighted by molar-refractivity contribution is 9.10. The third kappa shape index (κ3) is 4.70. The molecule has 2 rings (SSSR count). The summed E-state index contributed by atoms with van der Waals surface area (Å²) in [6, 6.07) is 10.8. The van der Waals surface area contributed by atoms with Crippen molar-refractivity contribution >= 4 is 32.2 Å². The number of sulfonamides is 1. The molecule has 0 amide bonds. The van der Waals surface area contributed by atoms with Crippen LogP contribution in [0.4, 0.5) is 0 Å². The predicted octanol–water partition coefficient (Wildman–Crippen LogP) is 2.87. The molecule has 6 nitrogen and oxygen atoms in total. The van der Waals surface area contributed by atoms with E-state index in [0.29, 0.717) is 22.4 Å². The molecule has 0 aliphatic carbocycles. The zero-order chi connectivity index (χ0) is 16.9. The first-order valence-corrected chi connectivity index (χ1v) is 8.96. The van der Waals surface area contributed by atoms with Gasteiger partial charge in [-0.05, 0) is 70.9 Å². The molecule has 0 heterocycles. The van der Waals surface area contributed by atoms with Crippen LogP contribution in [0.1, 0.15) is 12.5 Å². The van der Waals surface area contributed by atoms with Gasteiger partial charge in [0.2, 0.25) is 0 Å². The van der Waals surface area contributed by atoms with E-state index < -0.39 is 10.0 Å². The van der Waals surface area contributed by atoms with Crippen LogP contribution >= 0.6 is 15.9 Å². The maximum absolute atomic E-state index is 12.1. The zero-order valence-corrected chi connectivity index (χ0v) is 14.6. The van der Waals surface area contributed by atoms with Gasteiger partial charge in [-0.25, -0.2) is 4.83 Å². The molecule has 8 heteroatoms. The summed E-state index contributed by atoms with van der Waals surface area (Å²) in [5.41, 5.74) is 0.629. The molecule has 0 unspecified atom stereocenters. The number of nitrogens with one attached hydrogen (secondary N) is 1. The summed E-state index contributed by atoms with van der Waals surface area (Å²) >= 11 is 3.17. The molecule has 0 aliphatic rings. The second kappa shape index (κ2) is 7.47. The minimum Gasteiger partial charge on any atom is -0.507 e. The minimum atomic E-state index is -3.74. The quantitative estimate of drug-likeness (QED) is 0.578. The third-order valence-corrected chi connectivity index (χ3v) is 4.68. The van der Waals surface area contributed by atoms with Crippen LogP contribution in [0.5, 0.6) is 11.5 Å². The standard InChI is InChI=1S/C15H15BrN2O4S/c1-2-22-12-4-6-13(7-5-12)23(20,21)18-17-10-11-3-8-15(19)14(16)9-11/h3-10,18-19H,2H2,1H3/b17-10+. The van der Waals surface area contributed by atoms with Crippen molar-refractivity contribution in [3.63, 3.8) is 0 Å². The summed E-state index contributed by atoms with van der Waals surface area (Å²) < 4.78 is 30.0. The van der Waals surface area contributed by atoms with E-state index >= 15 is 0 Å². The van der Waals surface area contributed by atoms with E-state index in [2.05, 4.69) is 25.9 Å². The SMILES string of the molecule is CCOc1ccc(S(=O)(=O)N/N=C/c2ccc(O)c(Br)c2)cc1.